The van der Waals surface area contributed by atoms with Crippen LogP contribution in [-0.2, 0) is 9.59 Å². The Hall–Kier alpha value is -0.810. The number of hydrogen-bond acceptors (Lipinski definition) is 3. The van der Waals surface area contributed by atoms with Gasteiger partial charge in [0.1, 0.15) is 0 Å². The van der Waals surface area contributed by atoms with Crippen molar-refractivity contribution < 1.29 is 9.59 Å². The Morgan fingerprint density at radius 1 is 1.41 bits per heavy atom. The highest BCUT2D eigenvalue weighted by atomic mass is 35.5. The number of nitrogens with one attached hydrogen (secondary N) is 2. The standard InChI is InChI=1S/C11H19N3O2.ClH/c12-8-2-1-3-9(5-8)14-11(16)7-4-10(15)13-6-7;/h7-9H,1-6,12H2,(H,13,15)(H,14,16);1H. The Morgan fingerprint density at radius 3 is 2.76 bits per heavy atom. The Kier molecular flexibility index (Phi) is 5.21. The molecule has 98 valence electrons. The molecule has 2 rings (SSSR count). The molecule has 17 heavy (non-hydrogen) atoms. The lowest BCUT2D eigenvalue weighted by Crippen LogP contribution is -2.44. The molecule has 3 atom stereocenters. The van der Waals surface area contributed by atoms with E-state index in [1.165, 1.54) is 0 Å². The fourth-order valence-corrected chi connectivity index (χ4v) is 2.47. The van der Waals surface area contributed by atoms with Gasteiger partial charge in [-0.25, -0.2) is 0 Å². The van der Waals surface area contributed by atoms with E-state index in [9.17, 15) is 9.59 Å². The van der Waals surface area contributed by atoms with Gasteiger partial charge in [0.05, 0.1) is 5.92 Å². The molecule has 3 unspecified atom stereocenters. The highest BCUT2D eigenvalue weighted by Gasteiger charge is 2.30. The second kappa shape index (κ2) is 6.21. The summed E-state index contributed by atoms with van der Waals surface area (Å²) < 4.78 is 0. The molecule has 0 bridgehead atoms. The average Bonchev–Trinajstić information content (AvgIpc) is 2.65. The van der Waals surface area contributed by atoms with Crippen LogP contribution in [0, 0.1) is 5.92 Å². The number of carbonyl (C=O) groups is 2. The molecule has 0 radical (unpaired) electrons. The number of nitrogens with two attached hydrogens (primary N) is 1. The fourth-order valence-electron chi connectivity index (χ4n) is 2.47. The van der Waals surface area contributed by atoms with Crippen LogP contribution in [0.4, 0.5) is 0 Å². The number of amides is 2. The summed E-state index contributed by atoms with van der Waals surface area (Å²) in [6.07, 6.45) is 4.32. The summed E-state index contributed by atoms with van der Waals surface area (Å²) in [5.74, 6) is -0.219. The van der Waals surface area contributed by atoms with Crippen LogP contribution in [0.2, 0.25) is 0 Å². The van der Waals surface area contributed by atoms with Crippen molar-refractivity contribution in [3.8, 4) is 0 Å². The molecule has 5 nitrogen and oxygen atoms in total. The van der Waals surface area contributed by atoms with Crippen LogP contribution in [0.3, 0.4) is 0 Å². The van der Waals surface area contributed by atoms with Crippen LogP contribution in [0.5, 0.6) is 0 Å². The molecule has 1 saturated heterocycles. The van der Waals surface area contributed by atoms with Gasteiger partial charge in [0.2, 0.25) is 11.8 Å². The first-order valence-corrected chi connectivity index (χ1v) is 5.98. The first-order valence-electron chi connectivity index (χ1n) is 5.98. The van der Waals surface area contributed by atoms with E-state index < -0.39 is 0 Å². The number of carbonyl (C=O) groups excluding carboxylic acids is 2. The van der Waals surface area contributed by atoms with Gasteiger partial charge in [-0.3, -0.25) is 9.59 Å². The van der Waals surface area contributed by atoms with Gasteiger partial charge >= 0.3 is 0 Å². The lowest BCUT2D eigenvalue weighted by molar-refractivity contribution is -0.127. The van der Waals surface area contributed by atoms with E-state index >= 15 is 0 Å². The summed E-state index contributed by atoms with van der Waals surface area (Å²) in [6.45, 7) is 0.476. The molecule has 0 aromatic heterocycles. The summed E-state index contributed by atoms with van der Waals surface area (Å²) in [6, 6.07) is 0.411. The Morgan fingerprint density at radius 2 is 2.18 bits per heavy atom. The van der Waals surface area contributed by atoms with E-state index in [-0.39, 0.29) is 42.2 Å². The van der Waals surface area contributed by atoms with Gasteiger partial charge in [-0.05, 0) is 25.7 Å². The highest BCUT2D eigenvalue weighted by molar-refractivity contribution is 5.89. The molecular formula is C11H20ClN3O2. The van der Waals surface area contributed by atoms with Gasteiger partial charge in [0.15, 0.2) is 0 Å². The van der Waals surface area contributed by atoms with Crippen molar-refractivity contribution in [2.75, 3.05) is 6.54 Å². The minimum absolute atomic E-state index is 0. The molecule has 0 aromatic rings. The van der Waals surface area contributed by atoms with Gasteiger partial charge in [-0.1, -0.05) is 0 Å². The Balaban J connectivity index is 0.00000144. The Labute approximate surface area is 107 Å². The zero-order valence-electron chi connectivity index (χ0n) is 9.78. The van der Waals surface area contributed by atoms with Gasteiger partial charge in [0.25, 0.3) is 0 Å². The largest absolute Gasteiger partial charge is 0.355 e. The minimum Gasteiger partial charge on any atom is -0.355 e. The maximum absolute atomic E-state index is 11.8. The van der Waals surface area contributed by atoms with Crippen molar-refractivity contribution >= 4 is 24.2 Å². The second-order valence-electron chi connectivity index (χ2n) is 4.84. The smallest absolute Gasteiger partial charge is 0.225 e. The molecule has 6 heteroatoms. The maximum atomic E-state index is 11.8. The monoisotopic (exact) mass is 261 g/mol. The molecule has 2 fully saturated rings. The van der Waals surface area contributed by atoms with E-state index in [0.717, 1.165) is 25.7 Å². The van der Waals surface area contributed by atoms with Crippen molar-refractivity contribution in [1.82, 2.24) is 10.6 Å². The molecular weight excluding hydrogens is 242 g/mol. The number of halogens is 1. The third kappa shape index (κ3) is 3.85. The molecule has 0 aromatic carbocycles. The van der Waals surface area contributed by atoms with Crippen LogP contribution in [0.15, 0.2) is 0 Å². The van der Waals surface area contributed by atoms with E-state index in [2.05, 4.69) is 10.6 Å². The third-order valence-corrected chi connectivity index (χ3v) is 3.41. The first-order chi connectivity index (χ1) is 7.65. The maximum Gasteiger partial charge on any atom is 0.225 e. The summed E-state index contributed by atoms with van der Waals surface area (Å²) in [4.78, 5) is 22.8. The molecule has 1 aliphatic carbocycles. The lowest BCUT2D eigenvalue weighted by atomic mass is 9.91. The number of hydrogen-bond donors (Lipinski definition) is 3. The minimum atomic E-state index is -0.189. The number of rotatable bonds is 2. The topological polar surface area (TPSA) is 84.2 Å². The molecule has 1 saturated carbocycles. The van der Waals surface area contributed by atoms with Crippen LogP contribution < -0.4 is 16.4 Å². The molecule has 0 spiro atoms. The zero-order valence-corrected chi connectivity index (χ0v) is 10.6. The SMILES string of the molecule is Cl.NC1CCCC(NC(=O)C2CNC(=O)C2)C1. The fraction of sp³-hybridized carbons (Fsp3) is 0.818. The van der Waals surface area contributed by atoms with Crippen molar-refractivity contribution in [3.63, 3.8) is 0 Å². The Bertz CT molecular complexity index is 298. The van der Waals surface area contributed by atoms with E-state index in [4.69, 9.17) is 5.73 Å². The predicted molar refractivity (Wildman–Crippen MR) is 66.7 cm³/mol. The van der Waals surface area contributed by atoms with Crippen molar-refractivity contribution in [3.05, 3.63) is 0 Å². The quantitative estimate of drug-likeness (QED) is 0.651. The summed E-state index contributed by atoms with van der Waals surface area (Å²) in [5, 5.41) is 5.67. The van der Waals surface area contributed by atoms with Crippen LogP contribution >= 0.6 is 12.4 Å². The predicted octanol–water partition coefficient (Wildman–Crippen LogP) is -0.0696. The molecule has 1 heterocycles. The van der Waals surface area contributed by atoms with E-state index in [0.29, 0.717) is 13.0 Å². The lowest BCUT2D eigenvalue weighted by Gasteiger charge is -2.28. The molecule has 2 aliphatic rings. The normalized spacial score (nSPS) is 32.5. The molecule has 1 aliphatic heterocycles. The highest BCUT2D eigenvalue weighted by Crippen LogP contribution is 2.18. The summed E-state index contributed by atoms with van der Waals surface area (Å²) >= 11 is 0. The molecule has 4 N–H and O–H groups in total. The zero-order chi connectivity index (χ0) is 11.5. The van der Waals surface area contributed by atoms with Crippen molar-refractivity contribution in [2.45, 2.75) is 44.2 Å². The van der Waals surface area contributed by atoms with E-state index in [1.807, 2.05) is 0 Å². The van der Waals surface area contributed by atoms with Gasteiger partial charge in [0, 0.05) is 25.0 Å². The second-order valence-corrected chi connectivity index (χ2v) is 4.84. The summed E-state index contributed by atoms with van der Waals surface area (Å²) in [5.41, 5.74) is 5.86. The summed E-state index contributed by atoms with van der Waals surface area (Å²) in [7, 11) is 0. The average molecular weight is 262 g/mol. The van der Waals surface area contributed by atoms with Gasteiger partial charge < -0.3 is 16.4 Å². The van der Waals surface area contributed by atoms with Crippen LogP contribution in [0.25, 0.3) is 0 Å². The third-order valence-electron chi connectivity index (χ3n) is 3.41. The first kappa shape index (κ1) is 14.3. The van der Waals surface area contributed by atoms with Crippen LogP contribution in [-0.4, -0.2) is 30.4 Å². The van der Waals surface area contributed by atoms with Gasteiger partial charge in [-0.15, -0.1) is 12.4 Å². The van der Waals surface area contributed by atoms with Crippen molar-refractivity contribution in [1.29, 1.82) is 0 Å². The van der Waals surface area contributed by atoms with Gasteiger partial charge in [-0.2, -0.15) is 0 Å². The van der Waals surface area contributed by atoms with E-state index in [1.54, 1.807) is 0 Å². The van der Waals surface area contributed by atoms with Crippen molar-refractivity contribution in [2.24, 2.45) is 11.7 Å². The molecule has 2 amide bonds. The van der Waals surface area contributed by atoms with Crippen LogP contribution in [0.1, 0.15) is 32.1 Å².